The summed E-state index contributed by atoms with van der Waals surface area (Å²) in [6.07, 6.45) is 1.10. The average molecular weight is 387 g/mol. The predicted molar refractivity (Wildman–Crippen MR) is 113 cm³/mol. The van der Waals surface area contributed by atoms with E-state index < -0.39 is 0 Å². The van der Waals surface area contributed by atoms with Gasteiger partial charge in [0, 0.05) is 43.0 Å². The summed E-state index contributed by atoms with van der Waals surface area (Å²) < 4.78 is 5.41. The van der Waals surface area contributed by atoms with Gasteiger partial charge < -0.3 is 15.4 Å². The molecule has 2 N–H and O–H groups in total. The molecule has 0 saturated carbocycles. The first-order chi connectivity index (χ1) is 13.3. The van der Waals surface area contributed by atoms with Crippen LogP contribution in [0.2, 0.25) is 0 Å². The molecule has 1 aromatic carbocycles. The largest absolute Gasteiger partial charge is 0.379 e. The Labute approximate surface area is 166 Å². The van der Waals surface area contributed by atoms with Gasteiger partial charge in [0.05, 0.1) is 19.8 Å². The Hall–Kier alpha value is -1.89. The normalized spacial score (nSPS) is 15.7. The lowest BCUT2D eigenvalue weighted by Crippen LogP contribution is -2.36. The first-order valence-electron chi connectivity index (χ1n) is 9.67. The number of aryl methyl sites for hydroxylation is 1. The van der Waals surface area contributed by atoms with Crippen LogP contribution in [-0.2, 0) is 30.8 Å². The molecular formula is C21H30N4OS. The van der Waals surface area contributed by atoms with Crippen LogP contribution in [0.3, 0.4) is 0 Å². The fraction of sp³-hybridized carbons (Fsp3) is 0.476. The molecule has 1 aromatic heterocycles. The molecule has 2 heterocycles. The molecule has 27 heavy (non-hydrogen) atoms. The van der Waals surface area contributed by atoms with Crippen molar-refractivity contribution in [3.63, 3.8) is 0 Å². The molecule has 1 aliphatic rings. The second-order valence-electron chi connectivity index (χ2n) is 6.71. The number of nitrogens with one attached hydrogen (secondary N) is 2. The summed E-state index contributed by atoms with van der Waals surface area (Å²) in [7, 11) is 1.81. The van der Waals surface area contributed by atoms with Crippen molar-refractivity contribution in [1.29, 1.82) is 0 Å². The molecule has 0 bridgehead atoms. The third-order valence-corrected chi connectivity index (χ3v) is 5.94. The quantitative estimate of drug-likeness (QED) is 0.567. The lowest BCUT2D eigenvalue weighted by atomic mass is 10.1. The zero-order valence-corrected chi connectivity index (χ0v) is 17.1. The van der Waals surface area contributed by atoms with Crippen molar-refractivity contribution in [2.75, 3.05) is 33.4 Å². The molecule has 0 spiro atoms. The molecular weight excluding hydrogens is 356 g/mol. The van der Waals surface area contributed by atoms with E-state index in [-0.39, 0.29) is 0 Å². The molecule has 146 valence electrons. The van der Waals surface area contributed by atoms with E-state index >= 15 is 0 Å². The van der Waals surface area contributed by atoms with Crippen LogP contribution >= 0.6 is 11.3 Å². The van der Waals surface area contributed by atoms with Crippen LogP contribution in [0.4, 0.5) is 0 Å². The molecule has 0 atom stereocenters. The Morgan fingerprint density at radius 3 is 2.33 bits per heavy atom. The molecule has 0 radical (unpaired) electrons. The number of aliphatic imine (C=N–C) groups is 1. The van der Waals surface area contributed by atoms with Crippen LogP contribution in [-0.4, -0.2) is 44.2 Å². The number of hydrogen-bond acceptors (Lipinski definition) is 4. The van der Waals surface area contributed by atoms with Gasteiger partial charge in [-0.25, -0.2) is 0 Å². The zero-order chi connectivity index (χ0) is 18.9. The monoisotopic (exact) mass is 386 g/mol. The summed E-state index contributed by atoms with van der Waals surface area (Å²) in [5.74, 6) is 0.832. The minimum atomic E-state index is 0.766. The van der Waals surface area contributed by atoms with E-state index in [4.69, 9.17) is 4.74 Å². The van der Waals surface area contributed by atoms with Crippen LogP contribution in [0.5, 0.6) is 0 Å². The van der Waals surface area contributed by atoms with Gasteiger partial charge in [0.25, 0.3) is 0 Å². The second-order valence-corrected chi connectivity index (χ2v) is 7.96. The lowest BCUT2D eigenvalue weighted by Gasteiger charge is -2.26. The van der Waals surface area contributed by atoms with E-state index in [1.165, 1.54) is 20.9 Å². The maximum Gasteiger partial charge on any atom is 0.191 e. The predicted octanol–water partition coefficient (Wildman–Crippen LogP) is 3.01. The standard InChI is InChI=1S/C21H30N4OS/c1-3-19-8-9-20(27-19)15-24-21(22-2)23-14-17-4-6-18(7-5-17)16-25-10-12-26-13-11-25/h4-9H,3,10-16H2,1-2H3,(H2,22,23,24). The van der Waals surface area contributed by atoms with E-state index in [2.05, 4.69) is 63.8 Å². The van der Waals surface area contributed by atoms with Gasteiger partial charge in [0.1, 0.15) is 0 Å². The van der Waals surface area contributed by atoms with Crippen LogP contribution in [0.25, 0.3) is 0 Å². The van der Waals surface area contributed by atoms with Crippen LogP contribution in [0, 0.1) is 0 Å². The summed E-state index contributed by atoms with van der Waals surface area (Å²) in [6, 6.07) is 13.2. The van der Waals surface area contributed by atoms with E-state index in [1.807, 2.05) is 18.4 Å². The van der Waals surface area contributed by atoms with Gasteiger partial charge in [0.15, 0.2) is 5.96 Å². The minimum absolute atomic E-state index is 0.766. The zero-order valence-electron chi connectivity index (χ0n) is 16.3. The SMILES string of the molecule is CCc1ccc(CNC(=NC)NCc2ccc(CN3CCOCC3)cc2)s1. The van der Waals surface area contributed by atoms with E-state index in [9.17, 15) is 0 Å². The van der Waals surface area contributed by atoms with Crippen molar-refractivity contribution in [2.24, 2.45) is 4.99 Å². The fourth-order valence-electron chi connectivity index (χ4n) is 3.06. The van der Waals surface area contributed by atoms with Gasteiger partial charge in [-0.05, 0) is 29.7 Å². The highest BCUT2D eigenvalue weighted by Crippen LogP contribution is 2.16. The highest BCUT2D eigenvalue weighted by molar-refractivity contribution is 7.11. The Kier molecular flexibility index (Phi) is 7.68. The highest BCUT2D eigenvalue weighted by Gasteiger charge is 2.10. The van der Waals surface area contributed by atoms with Gasteiger partial charge in [-0.15, -0.1) is 11.3 Å². The van der Waals surface area contributed by atoms with E-state index in [0.29, 0.717) is 0 Å². The summed E-state index contributed by atoms with van der Waals surface area (Å²) in [5.41, 5.74) is 2.61. The lowest BCUT2D eigenvalue weighted by molar-refractivity contribution is 0.0342. The first kappa shape index (κ1) is 19.9. The molecule has 1 aliphatic heterocycles. The molecule has 1 fully saturated rings. The summed E-state index contributed by atoms with van der Waals surface area (Å²) in [6.45, 7) is 8.50. The molecule has 5 nitrogen and oxygen atoms in total. The van der Waals surface area contributed by atoms with Gasteiger partial charge in [-0.2, -0.15) is 0 Å². The number of thiophene rings is 1. The molecule has 0 amide bonds. The van der Waals surface area contributed by atoms with E-state index in [1.54, 1.807) is 0 Å². The van der Waals surface area contributed by atoms with Crippen LogP contribution in [0.15, 0.2) is 41.4 Å². The highest BCUT2D eigenvalue weighted by atomic mass is 32.1. The molecule has 0 aliphatic carbocycles. The van der Waals surface area contributed by atoms with Gasteiger partial charge in [0.2, 0.25) is 0 Å². The first-order valence-corrected chi connectivity index (χ1v) is 10.5. The maximum absolute atomic E-state index is 5.41. The fourth-order valence-corrected chi connectivity index (χ4v) is 3.96. The number of rotatable bonds is 7. The number of nitrogens with zero attached hydrogens (tertiary/aromatic N) is 2. The van der Waals surface area contributed by atoms with Gasteiger partial charge in [-0.1, -0.05) is 31.2 Å². The van der Waals surface area contributed by atoms with Crippen molar-refractivity contribution >= 4 is 17.3 Å². The third-order valence-electron chi connectivity index (χ3n) is 4.71. The van der Waals surface area contributed by atoms with Gasteiger partial charge in [-0.3, -0.25) is 9.89 Å². The number of morpholine rings is 1. The third kappa shape index (κ3) is 6.34. The Balaban J connectivity index is 1.43. The second kappa shape index (κ2) is 10.4. The minimum Gasteiger partial charge on any atom is -0.379 e. The Bertz CT molecular complexity index is 720. The number of guanidine groups is 1. The van der Waals surface area contributed by atoms with E-state index in [0.717, 1.165) is 58.3 Å². The van der Waals surface area contributed by atoms with Crippen molar-refractivity contribution in [3.8, 4) is 0 Å². The molecule has 6 heteroatoms. The number of hydrogen-bond donors (Lipinski definition) is 2. The summed E-state index contributed by atoms with van der Waals surface area (Å²) in [5, 5.41) is 6.78. The molecule has 0 unspecified atom stereocenters. The van der Waals surface area contributed by atoms with Crippen LogP contribution < -0.4 is 10.6 Å². The Morgan fingerprint density at radius 1 is 1.00 bits per heavy atom. The van der Waals surface area contributed by atoms with Crippen LogP contribution in [0.1, 0.15) is 27.8 Å². The van der Waals surface area contributed by atoms with Crippen molar-refractivity contribution < 1.29 is 4.74 Å². The molecule has 3 rings (SSSR count). The summed E-state index contributed by atoms with van der Waals surface area (Å²) in [4.78, 5) is 9.52. The topological polar surface area (TPSA) is 48.9 Å². The van der Waals surface area contributed by atoms with Crippen molar-refractivity contribution in [3.05, 3.63) is 57.3 Å². The average Bonchev–Trinajstić information content (AvgIpc) is 3.18. The van der Waals surface area contributed by atoms with Gasteiger partial charge >= 0.3 is 0 Å². The number of benzene rings is 1. The summed E-state index contributed by atoms with van der Waals surface area (Å²) >= 11 is 1.86. The molecule has 2 aromatic rings. The maximum atomic E-state index is 5.41. The Morgan fingerprint density at radius 2 is 1.67 bits per heavy atom. The van der Waals surface area contributed by atoms with Crippen molar-refractivity contribution in [2.45, 2.75) is 33.0 Å². The number of ether oxygens (including phenoxy) is 1. The van der Waals surface area contributed by atoms with Crippen molar-refractivity contribution in [1.82, 2.24) is 15.5 Å². The smallest absolute Gasteiger partial charge is 0.191 e. The molecule has 1 saturated heterocycles.